The van der Waals surface area contributed by atoms with E-state index in [9.17, 15) is 9.59 Å². The van der Waals surface area contributed by atoms with Crippen molar-refractivity contribution >= 4 is 57.9 Å². The average molecular weight is 590 g/mol. The summed E-state index contributed by atoms with van der Waals surface area (Å²) in [5.74, 6) is -0.463. The molecule has 1 amide bonds. The molecule has 0 saturated carbocycles. The molecule has 7 nitrogen and oxygen atoms in total. The highest BCUT2D eigenvalue weighted by Gasteiger charge is 2.32. The van der Waals surface area contributed by atoms with Gasteiger partial charge in [0, 0.05) is 35.3 Å². The topological polar surface area (TPSA) is 84.7 Å². The standard InChI is InChI=1S/C30H24ClN3O4S2/c31-23-13-11-20(12-14-23)19-38-25-9-4-6-21(16-25)28-22(18-34(32-28)24-7-2-1-3-8-24)17-26-29(37)33(30(39)40-26)15-5-10-27(35)36/h1-4,6-9,11-14,16-18H,5,10,15,19H2,(H,35,36)/b26-17-. The van der Waals surface area contributed by atoms with E-state index in [0.29, 0.717) is 38.7 Å². The fourth-order valence-electron chi connectivity index (χ4n) is 4.13. The molecule has 0 atom stereocenters. The second kappa shape index (κ2) is 12.5. The molecule has 5 rings (SSSR count). The molecule has 10 heteroatoms. The Kier molecular flexibility index (Phi) is 8.64. The number of aromatic nitrogens is 2. The maximum atomic E-state index is 13.2. The van der Waals surface area contributed by atoms with Crippen LogP contribution in [-0.4, -0.2) is 42.5 Å². The van der Waals surface area contributed by atoms with Crippen molar-refractivity contribution < 1.29 is 19.4 Å². The number of amides is 1. The lowest BCUT2D eigenvalue weighted by Crippen LogP contribution is -2.29. The average Bonchev–Trinajstić information content (AvgIpc) is 3.49. The fraction of sp³-hybridized carbons (Fsp3) is 0.133. The van der Waals surface area contributed by atoms with Crippen LogP contribution in [-0.2, 0) is 16.2 Å². The van der Waals surface area contributed by atoms with E-state index in [1.54, 1.807) is 10.8 Å². The Labute approximate surface area is 246 Å². The molecule has 0 bridgehead atoms. The molecule has 1 N–H and O–H groups in total. The highest BCUT2D eigenvalue weighted by molar-refractivity contribution is 8.26. The van der Waals surface area contributed by atoms with Gasteiger partial charge in [0.2, 0.25) is 0 Å². The first-order chi connectivity index (χ1) is 19.4. The minimum absolute atomic E-state index is 0.0272. The first-order valence-electron chi connectivity index (χ1n) is 12.5. The Morgan fingerprint density at radius 2 is 1.85 bits per heavy atom. The summed E-state index contributed by atoms with van der Waals surface area (Å²) >= 11 is 12.6. The number of nitrogens with zero attached hydrogens (tertiary/aromatic N) is 3. The van der Waals surface area contributed by atoms with Crippen molar-refractivity contribution in [2.24, 2.45) is 0 Å². The van der Waals surface area contributed by atoms with Gasteiger partial charge in [-0.15, -0.1) is 0 Å². The Bertz CT molecular complexity index is 1590. The molecular weight excluding hydrogens is 566 g/mol. The number of carboxylic acid groups (broad SMARTS) is 1. The molecule has 1 saturated heterocycles. The van der Waals surface area contributed by atoms with Gasteiger partial charge in [-0.3, -0.25) is 14.5 Å². The molecule has 3 aromatic carbocycles. The van der Waals surface area contributed by atoms with E-state index in [4.69, 9.17) is 38.8 Å². The number of ether oxygens (including phenoxy) is 1. The number of carboxylic acids is 1. The summed E-state index contributed by atoms with van der Waals surface area (Å²) in [5, 5.41) is 14.5. The van der Waals surface area contributed by atoms with Crippen molar-refractivity contribution in [2.75, 3.05) is 6.54 Å². The van der Waals surface area contributed by atoms with Crippen molar-refractivity contribution in [1.82, 2.24) is 14.7 Å². The number of aliphatic carboxylic acids is 1. The van der Waals surface area contributed by atoms with Crippen molar-refractivity contribution in [3.63, 3.8) is 0 Å². The quantitative estimate of drug-likeness (QED) is 0.160. The monoisotopic (exact) mass is 589 g/mol. The molecule has 202 valence electrons. The second-order valence-electron chi connectivity index (χ2n) is 8.99. The number of hydrogen-bond donors (Lipinski definition) is 1. The van der Waals surface area contributed by atoms with Gasteiger partial charge in [0.25, 0.3) is 5.91 Å². The predicted octanol–water partition coefficient (Wildman–Crippen LogP) is 6.84. The number of thiocarbonyl (C=S) groups is 1. The predicted molar refractivity (Wildman–Crippen MR) is 162 cm³/mol. The molecule has 1 aromatic heterocycles. The SMILES string of the molecule is O=C(O)CCCN1C(=O)/C(=C/c2cn(-c3ccccc3)nc2-c2cccc(OCc3ccc(Cl)cc3)c2)SC1=S. The molecule has 0 aliphatic carbocycles. The van der Waals surface area contributed by atoms with Crippen LogP contribution in [0.15, 0.2) is 90.0 Å². The van der Waals surface area contributed by atoms with Crippen molar-refractivity contribution in [3.05, 3.63) is 106 Å². The number of halogens is 1. The van der Waals surface area contributed by atoms with Gasteiger partial charge in [0.05, 0.1) is 10.6 Å². The summed E-state index contributed by atoms with van der Waals surface area (Å²) in [6.07, 6.45) is 3.97. The Balaban J connectivity index is 1.45. The molecule has 0 spiro atoms. The lowest BCUT2D eigenvalue weighted by atomic mass is 10.1. The smallest absolute Gasteiger partial charge is 0.303 e. The van der Waals surface area contributed by atoms with Gasteiger partial charge in [-0.2, -0.15) is 5.10 Å². The van der Waals surface area contributed by atoms with Gasteiger partial charge in [0.1, 0.15) is 22.4 Å². The fourth-order valence-corrected chi connectivity index (χ4v) is 5.56. The van der Waals surface area contributed by atoms with Crippen LogP contribution in [0.4, 0.5) is 0 Å². The van der Waals surface area contributed by atoms with E-state index < -0.39 is 5.97 Å². The van der Waals surface area contributed by atoms with Crippen molar-refractivity contribution in [1.29, 1.82) is 0 Å². The lowest BCUT2D eigenvalue weighted by molar-refractivity contribution is -0.137. The zero-order valence-corrected chi connectivity index (χ0v) is 23.6. The summed E-state index contributed by atoms with van der Waals surface area (Å²) in [6, 6.07) is 24.9. The van der Waals surface area contributed by atoms with E-state index >= 15 is 0 Å². The van der Waals surface area contributed by atoms with E-state index in [1.807, 2.05) is 85.1 Å². The van der Waals surface area contributed by atoms with Gasteiger partial charge < -0.3 is 9.84 Å². The zero-order chi connectivity index (χ0) is 28.1. The van der Waals surface area contributed by atoms with Crippen molar-refractivity contribution in [3.8, 4) is 22.7 Å². The highest BCUT2D eigenvalue weighted by Crippen LogP contribution is 2.35. The third-order valence-corrected chi connectivity index (χ3v) is 7.75. The molecular formula is C30H24ClN3O4S2. The van der Waals surface area contributed by atoms with Gasteiger partial charge in [0.15, 0.2) is 0 Å². The Hall–Kier alpha value is -3.92. The Morgan fingerprint density at radius 1 is 1.07 bits per heavy atom. The number of carbonyl (C=O) groups is 2. The number of thioether (sulfide) groups is 1. The largest absolute Gasteiger partial charge is 0.489 e. The lowest BCUT2D eigenvalue weighted by Gasteiger charge is -2.13. The van der Waals surface area contributed by atoms with Gasteiger partial charge in [-0.05, 0) is 54.5 Å². The second-order valence-corrected chi connectivity index (χ2v) is 11.1. The number of carbonyl (C=O) groups excluding carboxylic acids is 1. The summed E-state index contributed by atoms with van der Waals surface area (Å²) in [4.78, 5) is 26.0. The first kappa shape index (κ1) is 27.6. The van der Waals surface area contributed by atoms with Crippen LogP contribution in [0, 0.1) is 0 Å². The maximum Gasteiger partial charge on any atom is 0.303 e. The minimum atomic E-state index is -0.904. The normalized spacial score (nSPS) is 14.2. The van der Waals surface area contributed by atoms with E-state index in [-0.39, 0.29) is 18.9 Å². The van der Waals surface area contributed by atoms with E-state index in [0.717, 1.165) is 22.4 Å². The number of hydrogen-bond acceptors (Lipinski definition) is 6. The molecule has 40 heavy (non-hydrogen) atoms. The van der Waals surface area contributed by atoms with Gasteiger partial charge in [-0.25, -0.2) is 4.68 Å². The van der Waals surface area contributed by atoms with Crippen LogP contribution in [0.3, 0.4) is 0 Å². The molecule has 0 unspecified atom stereocenters. The van der Waals surface area contributed by atoms with E-state index in [2.05, 4.69) is 0 Å². The van der Waals surface area contributed by atoms with Gasteiger partial charge in [-0.1, -0.05) is 78.0 Å². The molecule has 0 radical (unpaired) electrons. The van der Waals surface area contributed by atoms with Crippen LogP contribution < -0.4 is 4.74 Å². The van der Waals surface area contributed by atoms with Gasteiger partial charge >= 0.3 is 5.97 Å². The molecule has 1 aliphatic heterocycles. The first-order valence-corrected chi connectivity index (χ1v) is 14.1. The summed E-state index contributed by atoms with van der Waals surface area (Å²) in [6.45, 7) is 0.647. The Morgan fingerprint density at radius 3 is 2.60 bits per heavy atom. The highest BCUT2D eigenvalue weighted by atomic mass is 35.5. The van der Waals surface area contributed by atoms with Crippen LogP contribution in [0.25, 0.3) is 23.0 Å². The summed E-state index contributed by atoms with van der Waals surface area (Å²) in [7, 11) is 0. The van der Waals surface area contributed by atoms with Crippen LogP contribution in [0.2, 0.25) is 5.02 Å². The summed E-state index contributed by atoms with van der Waals surface area (Å²) in [5.41, 5.74) is 4.11. The van der Waals surface area contributed by atoms with Crippen LogP contribution in [0.1, 0.15) is 24.0 Å². The van der Waals surface area contributed by atoms with Crippen LogP contribution in [0.5, 0.6) is 5.75 Å². The number of benzene rings is 3. The molecule has 4 aromatic rings. The third-order valence-electron chi connectivity index (χ3n) is 6.12. The molecule has 1 fully saturated rings. The zero-order valence-electron chi connectivity index (χ0n) is 21.2. The minimum Gasteiger partial charge on any atom is -0.489 e. The number of para-hydroxylation sites is 1. The van der Waals surface area contributed by atoms with E-state index in [1.165, 1.54) is 16.7 Å². The van der Waals surface area contributed by atoms with Crippen LogP contribution >= 0.6 is 35.6 Å². The summed E-state index contributed by atoms with van der Waals surface area (Å²) < 4.78 is 8.23. The number of rotatable bonds is 10. The molecule has 2 heterocycles. The van der Waals surface area contributed by atoms with Crippen molar-refractivity contribution in [2.45, 2.75) is 19.4 Å². The third kappa shape index (κ3) is 6.62. The maximum absolute atomic E-state index is 13.2. The molecule has 1 aliphatic rings.